The lowest BCUT2D eigenvalue weighted by Gasteiger charge is -2.31. The molecule has 0 bridgehead atoms. The Balaban J connectivity index is 1.81. The van der Waals surface area contributed by atoms with E-state index in [0.717, 1.165) is 12.5 Å². The molecule has 0 saturated carbocycles. The molecule has 0 aliphatic carbocycles. The second-order valence-electron chi connectivity index (χ2n) is 5.93. The van der Waals surface area contributed by atoms with E-state index in [4.69, 9.17) is 0 Å². The fourth-order valence-corrected chi connectivity index (χ4v) is 2.91. The second-order valence-corrected chi connectivity index (χ2v) is 5.93. The van der Waals surface area contributed by atoms with Crippen LogP contribution in [0.3, 0.4) is 0 Å². The van der Waals surface area contributed by atoms with Crippen molar-refractivity contribution < 1.29 is 0 Å². The van der Waals surface area contributed by atoms with Crippen LogP contribution in [0.2, 0.25) is 0 Å². The van der Waals surface area contributed by atoms with Crippen LogP contribution in [-0.4, -0.2) is 31.1 Å². The number of nitrogens with one attached hydrogen (secondary N) is 1. The Labute approximate surface area is 111 Å². The number of hydrogen-bond donors (Lipinski definition) is 1. The maximum absolute atomic E-state index is 3.52. The third-order valence-corrected chi connectivity index (χ3v) is 3.88. The maximum atomic E-state index is 3.52. The summed E-state index contributed by atoms with van der Waals surface area (Å²) in [5.41, 5.74) is 2.76. The SMILES string of the molecule is Cc1ccc(CN(C)CC2CCNC(C)C2)cc1. The molecule has 1 aliphatic heterocycles. The van der Waals surface area contributed by atoms with Crippen LogP contribution in [0.4, 0.5) is 0 Å². The minimum atomic E-state index is 0.691. The van der Waals surface area contributed by atoms with E-state index in [1.807, 2.05) is 0 Å². The van der Waals surface area contributed by atoms with Gasteiger partial charge in [0, 0.05) is 19.1 Å². The molecule has 1 aromatic rings. The summed E-state index contributed by atoms with van der Waals surface area (Å²) in [5.74, 6) is 0.858. The van der Waals surface area contributed by atoms with Crippen LogP contribution < -0.4 is 5.32 Å². The highest BCUT2D eigenvalue weighted by molar-refractivity contribution is 5.21. The molecule has 1 aromatic carbocycles. The normalized spacial score (nSPS) is 24.4. The van der Waals surface area contributed by atoms with Crippen LogP contribution in [0.5, 0.6) is 0 Å². The highest BCUT2D eigenvalue weighted by Crippen LogP contribution is 2.17. The molecule has 0 radical (unpaired) electrons. The van der Waals surface area contributed by atoms with Gasteiger partial charge in [-0.25, -0.2) is 0 Å². The van der Waals surface area contributed by atoms with E-state index in [-0.39, 0.29) is 0 Å². The van der Waals surface area contributed by atoms with Gasteiger partial charge in [-0.3, -0.25) is 0 Å². The van der Waals surface area contributed by atoms with Crippen molar-refractivity contribution >= 4 is 0 Å². The predicted octanol–water partition coefficient (Wildman–Crippen LogP) is 2.81. The summed E-state index contributed by atoms with van der Waals surface area (Å²) in [4.78, 5) is 2.47. The Bertz CT molecular complexity index is 358. The number of hydrogen-bond acceptors (Lipinski definition) is 2. The van der Waals surface area contributed by atoms with Crippen molar-refractivity contribution in [2.45, 2.75) is 39.3 Å². The lowest BCUT2D eigenvalue weighted by atomic mass is 9.93. The highest BCUT2D eigenvalue weighted by Gasteiger charge is 2.19. The van der Waals surface area contributed by atoms with E-state index in [9.17, 15) is 0 Å². The van der Waals surface area contributed by atoms with Crippen molar-refractivity contribution in [3.63, 3.8) is 0 Å². The third kappa shape index (κ3) is 4.11. The molecule has 2 nitrogen and oxygen atoms in total. The molecular weight excluding hydrogens is 220 g/mol. The summed E-state index contributed by atoms with van der Waals surface area (Å²) in [5, 5.41) is 3.52. The summed E-state index contributed by atoms with van der Waals surface area (Å²) >= 11 is 0. The van der Waals surface area contributed by atoms with Gasteiger partial charge in [0.05, 0.1) is 0 Å². The average molecular weight is 246 g/mol. The molecule has 18 heavy (non-hydrogen) atoms. The summed E-state index contributed by atoms with van der Waals surface area (Å²) < 4.78 is 0. The van der Waals surface area contributed by atoms with Gasteiger partial charge in [-0.05, 0) is 51.8 Å². The van der Waals surface area contributed by atoms with Gasteiger partial charge in [0.25, 0.3) is 0 Å². The van der Waals surface area contributed by atoms with Crippen molar-refractivity contribution in [1.82, 2.24) is 10.2 Å². The number of benzene rings is 1. The first kappa shape index (κ1) is 13.6. The minimum absolute atomic E-state index is 0.691. The summed E-state index contributed by atoms with van der Waals surface area (Å²) in [6.07, 6.45) is 2.64. The molecule has 2 unspecified atom stereocenters. The number of aryl methyl sites for hydroxylation is 1. The molecule has 0 amide bonds. The molecule has 0 aromatic heterocycles. The first-order valence-electron chi connectivity index (χ1n) is 7.11. The fraction of sp³-hybridized carbons (Fsp3) is 0.625. The van der Waals surface area contributed by atoms with Crippen molar-refractivity contribution in [1.29, 1.82) is 0 Å². The minimum Gasteiger partial charge on any atom is -0.314 e. The summed E-state index contributed by atoms with van der Waals surface area (Å²) in [6, 6.07) is 9.59. The van der Waals surface area contributed by atoms with Crippen LogP contribution in [0.25, 0.3) is 0 Å². The van der Waals surface area contributed by atoms with Crippen molar-refractivity contribution in [3.05, 3.63) is 35.4 Å². The molecular formula is C16H26N2. The molecule has 0 spiro atoms. The van der Waals surface area contributed by atoms with Crippen molar-refractivity contribution in [2.24, 2.45) is 5.92 Å². The fourth-order valence-electron chi connectivity index (χ4n) is 2.91. The van der Waals surface area contributed by atoms with Crippen LogP contribution in [0.15, 0.2) is 24.3 Å². The van der Waals surface area contributed by atoms with E-state index in [2.05, 4.69) is 55.4 Å². The van der Waals surface area contributed by atoms with Gasteiger partial charge in [-0.2, -0.15) is 0 Å². The van der Waals surface area contributed by atoms with Gasteiger partial charge in [0.2, 0.25) is 0 Å². The molecule has 1 saturated heterocycles. The van der Waals surface area contributed by atoms with Gasteiger partial charge in [0.1, 0.15) is 0 Å². The van der Waals surface area contributed by atoms with Gasteiger partial charge in [-0.15, -0.1) is 0 Å². The Morgan fingerprint density at radius 3 is 2.67 bits per heavy atom. The molecule has 100 valence electrons. The zero-order valence-corrected chi connectivity index (χ0v) is 11.9. The first-order valence-corrected chi connectivity index (χ1v) is 7.11. The molecule has 1 N–H and O–H groups in total. The topological polar surface area (TPSA) is 15.3 Å². The van der Waals surface area contributed by atoms with E-state index in [1.54, 1.807) is 0 Å². The van der Waals surface area contributed by atoms with Crippen LogP contribution in [0.1, 0.15) is 30.9 Å². The lowest BCUT2D eigenvalue weighted by molar-refractivity contribution is 0.215. The largest absolute Gasteiger partial charge is 0.314 e. The van der Waals surface area contributed by atoms with Crippen LogP contribution >= 0.6 is 0 Å². The maximum Gasteiger partial charge on any atom is 0.0230 e. The lowest BCUT2D eigenvalue weighted by Crippen LogP contribution is -2.39. The van der Waals surface area contributed by atoms with Gasteiger partial charge in [-0.1, -0.05) is 29.8 Å². The van der Waals surface area contributed by atoms with Crippen molar-refractivity contribution in [2.75, 3.05) is 20.1 Å². The molecule has 2 rings (SSSR count). The van der Waals surface area contributed by atoms with Crippen molar-refractivity contribution in [3.8, 4) is 0 Å². The molecule has 1 heterocycles. The van der Waals surface area contributed by atoms with Crippen LogP contribution in [0, 0.1) is 12.8 Å². The zero-order chi connectivity index (χ0) is 13.0. The van der Waals surface area contributed by atoms with E-state index >= 15 is 0 Å². The molecule has 2 atom stereocenters. The van der Waals surface area contributed by atoms with E-state index in [1.165, 1.54) is 37.1 Å². The monoisotopic (exact) mass is 246 g/mol. The van der Waals surface area contributed by atoms with E-state index in [0.29, 0.717) is 6.04 Å². The second kappa shape index (κ2) is 6.35. The van der Waals surface area contributed by atoms with Gasteiger partial charge >= 0.3 is 0 Å². The number of piperidine rings is 1. The number of nitrogens with zero attached hydrogens (tertiary/aromatic N) is 1. The zero-order valence-electron chi connectivity index (χ0n) is 11.9. The Kier molecular flexibility index (Phi) is 4.79. The van der Waals surface area contributed by atoms with Gasteiger partial charge < -0.3 is 10.2 Å². The standard InChI is InChI=1S/C16H26N2/c1-13-4-6-15(7-5-13)11-18(3)12-16-8-9-17-14(2)10-16/h4-7,14,16-17H,8-12H2,1-3H3. The smallest absolute Gasteiger partial charge is 0.0230 e. The average Bonchev–Trinajstić information content (AvgIpc) is 2.32. The summed E-state index contributed by atoms with van der Waals surface area (Å²) in [6.45, 7) is 7.92. The van der Waals surface area contributed by atoms with Gasteiger partial charge in [0.15, 0.2) is 0 Å². The molecule has 1 fully saturated rings. The number of rotatable bonds is 4. The Hall–Kier alpha value is -0.860. The highest BCUT2D eigenvalue weighted by atomic mass is 15.1. The predicted molar refractivity (Wildman–Crippen MR) is 77.7 cm³/mol. The summed E-state index contributed by atoms with van der Waals surface area (Å²) in [7, 11) is 2.24. The van der Waals surface area contributed by atoms with E-state index < -0.39 is 0 Å². The first-order chi connectivity index (χ1) is 8.63. The molecule has 1 aliphatic rings. The molecule has 2 heteroatoms. The quantitative estimate of drug-likeness (QED) is 0.879. The Morgan fingerprint density at radius 1 is 1.28 bits per heavy atom. The third-order valence-electron chi connectivity index (χ3n) is 3.88. The Morgan fingerprint density at radius 2 is 2.00 bits per heavy atom. The van der Waals surface area contributed by atoms with Crippen LogP contribution in [-0.2, 0) is 6.54 Å².